The zero-order valence-electron chi connectivity index (χ0n) is 3.99. The van der Waals surface area contributed by atoms with Crippen LogP contribution in [0.3, 0.4) is 0 Å². The Morgan fingerprint density at radius 1 is 1.00 bits per heavy atom. The Balaban J connectivity index is -0.0000000800. The van der Waals surface area contributed by atoms with Crippen LogP contribution in [0.1, 0.15) is 1.43 Å². The molecule has 0 aromatic carbocycles. The summed E-state index contributed by atoms with van der Waals surface area (Å²) in [7, 11) is 0. The maximum absolute atomic E-state index is 8.63. The second-order valence-corrected chi connectivity index (χ2v) is 2.89. The Morgan fingerprint density at radius 2 is 1.00 bits per heavy atom. The average molecular weight is 262 g/mol. The van der Waals surface area contributed by atoms with E-state index in [2.05, 4.69) is 0 Å². The Bertz CT molecular complexity index is 163. The SMILES string of the molecule is [H-].[Li+].[O]=[Os](=[O])(=[O])=[O]. The summed E-state index contributed by atoms with van der Waals surface area (Å²) >= 11 is -6.06. The fraction of sp³-hybridized carbons (Fsp3) is 0. The van der Waals surface area contributed by atoms with E-state index < -0.39 is 14.8 Å². The normalized spacial score (nSPS) is 9.33. The van der Waals surface area contributed by atoms with Crippen LogP contribution in [0.5, 0.6) is 0 Å². The van der Waals surface area contributed by atoms with Gasteiger partial charge in [0.1, 0.15) is 0 Å². The molecule has 0 fully saturated rings. The Hall–Kier alpha value is 0.434. The van der Waals surface area contributed by atoms with Crippen molar-refractivity contribution in [3.63, 3.8) is 0 Å². The van der Waals surface area contributed by atoms with Crippen molar-refractivity contribution in [2.75, 3.05) is 0 Å². The van der Waals surface area contributed by atoms with Crippen molar-refractivity contribution in [1.29, 1.82) is 0 Å². The first-order chi connectivity index (χ1) is 2.00. The van der Waals surface area contributed by atoms with Gasteiger partial charge in [-0.1, -0.05) is 0 Å². The molecule has 0 aliphatic rings. The van der Waals surface area contributed by atoms with Gasteiger partial charge in [-0.3, -0.25) is 0 Å². The van der Waals surface area contributed by atoms with Gasteiger partial charge in [-0.25, -0.2) is 0 Å². The van der Waals surface area contributed by atoms with Crippen molar-refractivity contribution in [3.8, 4) is 0 Å². The van der Waals surface area contributed by atoms with E-state index in [1.165, 1.54) is 0 Å². The molecular formula is HLiO4Os. The van der Waals surface area contributed by atoms with Crippen LogP contribution in [-0.4, -0.2) is 0 Å². The zero-order valence-corrected chi connectivity index (χ0v) is 5.53. The standard InChI is InChI=1S/Li.4O.Os.H/q+1;;;;;;-1. The van der Waals surface area contributed by atoms with Crippen LogP contribution >= 0.6 is 0 Å². The third kappa shape index (κ3) is 278. The van der Waals surface area contributed by atoms with E-state index in [1.807, 2.05) is 0 Å². The Morgan fingerprint density at radius 3 is 1.00 bits per heavy atom. The molecule has 0 spiro atoms. The van der Waals surface area contributed by atoms with Gasteiger partial charge >= 0.3 is 47.9 Å². The van der Waals surface area contributed by atoms with Crippen molar-refractivity contribution in [2.24, 2.45) is 0 Å². The molecule has 0 aliphatic heterocycles. The zero-order chi connectivity index (χ0) is 4.50. The van der Waals surface area contributed by atoms with Gasteiger partial charge in [0, 0.05) is 0 Å². The molecule has 0 bridgehead atoms. The number of hydrogen-bond acceptors (Lipinski definition) is 4. The second-order valence-electron chi connectivity index (χ2n) is 0.354. The quantitative estimate of drug-likeness (QED) is 0.428. The van der Waals surface area contributed by atoms with Gasteiger partial charge in [-0.15, -0.1) is 0 Å². The molecule has 0 aromatic heterocycles. The van der Waals surface area contributed by atoms with Gasteiger partial charge in [0.2, 0.25) is 0 Å². The third-order valence-corrected chi connectivity index (χ3v) is 0. The topological polar surface area (TPSA) is 68.3 Å². The van der Waals surface area contributed by atoms with Gasteiger partial charge in [0.25, 0.3) is 0 Å². The summed E-state index contributed by atoms with van der Waals surface area (Å²) in [5.74, 6) is 0. The molecule has 0 saturated carbocycles. The summed E-state index contributed by atoms with van der Waals surface area (Å²) in [5.41, 5.74) is 0. The molecule has 0 amide bonds. The molecule has 0 saturated heterocycles. The summed E-state index contributed by atoms with van der Waals surface area (Å²) in [6, 6.07) is 0. The van der Waals surface area contributed by atoms with E-state index in [4.69, 9.17) is 14.2 Å². The molecule has 6 heteroatoms. The summed E-state index contributed by atoms with van der Waals surface area (Å²) in [6.45, 7) is 0. The predicted molar refractivity (Wildman–Crippen MR) is 3.86 cm³/mol. The van der Waals surface area contributed by atoms with Crippen molar-refractivity contribution < 1.29 is 49.3 Å². The fourth-order valence-corrected chi connectivity index (χ4v) is 0. The van der Waals surface area contributed by atoms with Gasteiger partial charge in [0.15, 0.2) is 0 Å². The first-order valence-corrected chi connectivity index (χ1v) is 4.73. The molecule has 0 aromatic rings. The molecule has 4 nitrogen and oxygen atoms in total. The number of hydrogen-bond donors (Lipinski definition) is 0. The molecule has 0 rings (SSSR count). The van der Waals surface area contributed by atoms with E-state index in [9.17, 15) is 0 Å². The van der Waals surface area contributed by atoms with Crippen LogP contribution < -0.4 is 18.9 Å². The predicted octanol–water partition coefficient (Wildman–Crippen LogP) is -3.36. The first kappa shape index (κ1) is 9.66. The van der Waals surface area contributed by atoms with Crippen LogP contribution in [0.15, 0.2) is 0 Å². The molecule has 6 heavy (non-hydrogen) atoms. The Kier molecular flexibility index (Phi) is 4.16. The molecule has 0 heterocycles. The molecule has 0 aliphatic carbocycles. The van der Waals surface area contributed by atoms with Gasteiger partial charge in [-0.2, -0.15) is 0 Å². The summed E-state index contributed by atoms with van der Waals surface area (Å²) in [5, 5.41) is 0. The third-order valence-electron chi connectivity index (χ3n) is 0. The van der Waals surface area contributed by atoms with E-state index in [0.29, 0.717) is 0 Å². The fourth-order valence-electron chi connectivity index (χ4n) is 0. The van der Waals surface area contributed by atoms with Crippen LogP contribution in [0, 0.1) is 0 Å². The molecular weight excluding hydrogens is 261 g/mol. The van der Waals surface area contributed by atoms with Gasteiger partial charge in [-0.05, 0) is 0 Å². The van der Waals surface area contributed by atoms with Crippen molar-refractivity contribution in [3.05, 3.63) is 0 Å². The Labute approximate surface area is 49.6 Å². The molecule has 0 atom stereocenters. The van der Waals surface area contributed by atoms with Crippen molar-refractivity contribution >= 4 is 0 Å². The summed E-state index contributed by atoms with van der Waals surface area (Å²) < 4.78 is 34.5. The van der Waals surface area contributed by atoms with Crippen LogP contribution in [0.2, 0.25) is 0 Å². The molecule has 0 radical (unpaired) electrons. The van der Waals surface area contributed by atoms with Crippen LogP contribution in [0.25, 0.3) is 0 Å². The van der Waals surface area contributed by atoms with Crippen molar-refractivity contribution in [2.45, 2.75) is 0 Å². The van der Waals surface area contributed by atoms with E-state index in [-0.39, 0.29) is 20.3 Å². The van der Waals surface area contributed by atoms with Crippen LogP contribution in [-0.2, 0) is 29.0 Å². The maximum atomic E-state index is 8.63. The monoisotopic (exact) mass is 264 g/mol. The van der Waals surface area contributed by atoms with Gasteiger partial charge in [0.05, 0.1) is 0 Å². The molecule has 0 unspecified atom stereocenters. The summed E-state index contributed by atoms with van der Waals surface area (Å²) in [4.78, 5) is 0. The van der Waals surface area contributed by atoms with E-state index in [1.54, 1.807) is 0 Å². The minimum absolute atomic E-state index is 0. The minimum atomic E-state index is -6.06. The second kappa shape index (κ2) is 2.58. The summed E-state index contributed by atoms with van der Waals surface area (Å²) in [6.07, 6.45) is 0. The number of rotatable bonds is 0. The molecule has 0 N–H and O–H groups in total. The van der Waals surface area contributed by atoms with Gasteiger partial charge < -0.3 is 1.43 Å². The van der Waals surface area contributed by atoms with Crippen molar-refractivity contribution in [1.82, 2.24) is 0 Å². The average Bonchev–Trinajstić information content (AvgIpc) is 0.722. The molecule has 34 valence electrons. The van der Waals surface area contributed by atoms with Crippen LogP contribution in [0.4, 0.5) is 0 Å². The van der Waals surface area contributed by atoms with E-state index in [0.717, 1.165) is 0 Å². The first-order valence-electron chi connectivity index (χ1n) is 0.577. The van der Waals surface area contributed by atoms with E-state index >= 15 is 0 Å².